The van der Waals surface area contributed by atoms with E-state index in [0.29, 0.717) is 17.9 Å². The van der Waals surface area contributed by atoms with E-state index < -0.39 is 11.0 Å². The summed E-state index contributed by atoms with van der Waals surface area (Å²) >= 11 is 0. The predicted octanol–water partition coefficient (Wildman–Crippen LogP) is 1.85. The van der Waals surface area contributed by atoms with Crippen molar-refractivity contribution in [2.45, 2.75) is 25.5 Å². The van der Waals surface area contributed by atoms with Gasteiger partial charge in [-0.1, -0.05) is 12.1 Å². The quantitative estimate of drug-likeness (QED) is 0.596. The fourth-order valence-corrected chi connectivity index (χ4v) is 3.78. The van der Waals surface area contributed by atoms with E-state index in [4.69, 9.17) is 9.47 Å². The van der Waals surface area contributed by atoms with E-state index in [9.17, 15) is 15.2 Å². The van der Waals surface area contributed by atoms with E-state index in [2.05, 4.69) is 6.92 Å². The normalized spacial score (nSPS) is 19.9. The second kappa shape index (κ2) is 7.94. The number of hydrogen-bond donors (Lipinski definition) is 2. The molecule has 3 atom stereocenters. The summed E-state index contributed by atoms with van der Waals surface area (Å²) in [5.41, 5.74) is 2.98. The third kappa shape index (κ3) is 3.89. The standard InChI is InChI=1S/C20H24N2O5/c1-13-17-11-20(27-3)19(26-2)10-14(17)7-8-21(13)12-18(23)15-5-4-6-16(9-15)22(24)25/h4-6,9-11,13,18,23H,7-8,12H2,1-3H3/p+1/t13-,18-/m0/s1. The Kier molecular flexibility index (Phi) is 5.62. The molecule has 2 N–H and O–H groups in total. The molecule has 0 fully saturated rings. The number of nitro groups is 1. The molecule has 1 heterocycles. The molecule has 0 aliphatic carbocycles. The van der Waals surface area contributed by atoms with Crippen molar-refractivity contribution >= 4 is 5.69 Å². The van der Waals surface area contributed by atoms with Crippen LogP contribution < -0.4 is 14.4 Å². The number of aliphatic hydroxyl groups excluding tert-OH is 1. The van der Waals surface area contributed by atoms with Gasteiger partial charge in [0.1, 0.15) is 18.7 Å². The van der Waals surface area contributed by atoms with Crippen LogP contribution in [0.2, 0.25) is 0 Å². The van der Waals surface area contributed by atoms with E-state index in [0.717, 1.165) is 18.7 Å². The summed E-state index contributed by atoms with van der Waals surface area (Å²) in [4.78, 5) is 11.8. The Morgan fingerprint density at radius 3 is 2.63 bits per heavy atom. The van der Waals surface area contributed by atoms with Crippen molar-refractivity contribution in [1.82, 2.24) is 0 Å². The molecule has 0 bridgehead atoms. The molecule has 144 valence electrons. The Hall–Kier alpha value is -2.64. The van der Waals surface area contributed by atoms with Crippen LogP contribution in [0.25, 0.3) is 0 Å². The van der Waals surface area contributed by atoms with E-state index in [1.165, 1.54) is 28.2 Å². The number of quaternary nitrogens is 1. The van der Waals surface area contributed by atoms with Crippen molar-refractivity contribution in [3.05, 3.63) is 63.2 Å². The number of nitrogens with one attached hydrogen (secondary N) is 1. The summed E-state index contributed by atoms with van der Waals surface area (Å²) in [6.07, 6.45) is 0.112. The maximum atomic E-state index is 11.0. The topological polar surface area (TPSA) is 86.3 Å². The van der Waals surface area contributed by atoms with Crippen molar-refractivity contribution in [3.63, 3.8) is 0 Å². The molecule has 0 amide bonds. The summed E-state index contributed by atoms with van der Waals surface area (Å²) in [6.45, 7) is 3.48. The first-order valence-electron chi connectivity index (χ1n) is 8.96. The SMILES string of the molecule is COc1cc2c(cc1OC)[C@H](C)[NH+](C[C@H](O)c1cccc([N+](=O)[O-])c1)CC2. The van der Waals surface area contributed by atoms with Crippen LogP contribution >= 0.6 is 0 Å². The Morgan fingerprint density at radius 1 is 1.26 bits per heavy atom. The Labute approximate surface area is 158 Å². The number of ether oxygens (including phenoxy) is 2. The van der Waals surface area contributed by atoms with Gasteiger partial charge in [-0.05, 0) is 30.2 Å². The largest absolute Gasteiger partial charge is 0.493 e. The third-order valence-corrected chi connectivity index (χ3v) is 5.36. The molecule has 0 aromatic heterocycles. The molecular formula is C20H25N2O5+. The lowest BCUT2D eigenvalue weighted by atomic mass is 9.92. The van der Waals surface area contributed by atoms with Crippen LogP contribution in [0.15, 0.2) is 36.4 Å². The Morgan fingerprint density at radius 2 is 1.96 bits per heavy atom. The molecule has 1 unspecified atom stereocenters. The summed E-state index contributed by atoms with van der Waals surface area (Å²) < 4.78 is 10.8. The van der Waals surface area contributed by atoms with Crippen molar-refractivity contribution in [2.24, 2.45) is 0 Å². The zero-order chi connectivity index (χ0) is 19.6. The number of aliphatic hydroxyl groups is 1. The monoisotopic (exact) mass is 373 g/mol. The van der Waals surface area contributed by atoms with E-state index >= 15 is 0 Å². The molecule has 1 aliphatic rings. The van der Waals surface area contributed by atoms with Crippen LogP contribution in [-0.2, 0) is 6.42 Å². The lowest BCUT2D eigenvalue weighted by Crippen LogP contribution is -3.13. The fourth-order valence-electron chi connectivity index (χ4n) is 3.78. The minimum Gasteiger partial charge on any atom is -0.493 e. The van der Waals surface area contributed by atoms with Crippen molar-refractivity contribution < 1.29 is 24.4 Å². The van der Waals surface area contributed by atoms with Crippen molar-refractivity contribution in [1.29, 1.82) is 0 Å². The van der Waals surface area contributed by atoms with Crippen LogP contribution in [-0.4, -0.2) is 37.3 Å². The highest BCUT2D eigenvalue weighted by molar-refractivity contribution is 5.48. The highest BCUT2D eigenvalue weighted by Crippen LogP contribution is 2.34. The van der Waals surface area contributed by atoms with Gasteiger partial charge in [-0.25, -0.2) is 0 Å². The number of fused-ring (bicyclic) bond motifs is 1. The second-order valence-electron chi connectivity index (χ2n) is 6.86. The van der Waals surface area contributed by atoms with Crippen LogP contribution in [0.3, 0.4) is 0 Å². The number of hydrogen-bond acceptors (Lipinski definition) is 5. The van der Waals surface area contributed by atoms with Gasteiger partial charge in [-0.3, -0.25) is 10.1 Å². The van der Waals surface area contributed by atoms with Gasteiger partial charge >= 0.3 is 0 Å². The van der Waals surface area contributed by atoms with E-state index in [1.807, 2.05) is 12.1 Å². The van der Waals surface area contributed by atoms with Crippen molar-refractivity contribution in [3.8, 4) is 11.5 Å². The van der Waals surface area contributed by atoms with Crippen LogP contribution in [0.4, 0.5) is 5.69 Å². The lowest BCUT2D eigenvalue weighted by Gasteiger charge is -2.34. The number of non-ortho nitro benzene ring substituents is 1. The maximum absolute atomic E-state index is 11.0. The predicted molar refractivity (Wildman–Crippen MR) is 100 cm³/mol. The maximum Gasteiger partial charge on any atom is 0.269 e. The van der Waals surface area contributed by atoms with Gasteiger partial charge in [-0.15, -0.1) is 0 Å². The number of nitro benzene ring substituents is 1. The zero-order valence-corrected chi connectivity index (χ0v) is 15.8. The average Bonchev–Trinajstić information content (AvgIpc) is 2.69. The Bertz CT molecular complexity index is 839. The fraction of sp³-hybridized carbons (Fsp3) is 0.400. The number of nitrogens with zero attached hydrogens (tertiary/aromatic N) is 1. The molecule has 3 rings (SSSR count). The average molecular weight is 373 g/mol. The summed E-state index contributed by atoms with van der Waals surface area (Å²) in [6, 6.07) is 10.4. The molecule has 2 aromatic rings. The minimum absolute atomic E-state index is 0.00424. The minimum atomic E-state index is -0.760. The Balaban J connectivity index is 1.80. The van der Waals surface area contributed by atoms with Gasteiger partial charge in [0, 0.05) is 24.1 Å². The van der Waals surface area contributed by atoms with E-state index in [-0.39, 0.29) is 11.7 Å². The molecular weight excluding hydrogens is 348 g/mol. The highest BCUT2D eigenvalue weighted by Gasteiger charge is 2.31. The first-order chi connectivity index (χ1) is 12.9. The van der Waals surface area contributed by atoms with Gasteiger partial charge in [0.15, 0.2) is 11.5 Å². The highest BCUT2D eigenvalue weighted by atomic mass is 16.6. The molecule has 27 heavy (non-hydrogen) atoms. The number of methoxy groups -OCH3 is 2. The third-order valence-electron chi connectivity index (χ3n) is 5.36. The van der Waals surface area contributed by atoms with Gasteiger partial charge in [0.25, 0.3) is 5.69 Å². The van der Waals surface area contributed by atoms with Gasteiger partial charge in [0.05, 0.1) is 25.7 Å². The van der Waals surface area contributed by atoms with Gasteiger partial charge in [-0.2, -0.15) is 0 Å². The first kappa shape index (κ1) is 19.1. The molecule has 1 aliphatic heterocycles. The van der Waals surface area contributed by atoms with Crippen LogP contribution in [0.1, 0.15) is 35.8 Å². The zero-order valence-electron chi connectivity index (χ0n) is 15.8. The summed E-state index contributed by atoms with van der Waals surface area (Å²) in [5, 5.41) is 21.6. The lowest BCUT2D eigenvalue weighted by molar-refractivity contribution is -0.935. The van der Waals surface area contributed by atoms with Gasteiger partial charge < -0.3 is 19.5 Å². The van der Waals surface area contributed by atoms with E-state index in [1.54, 1.807) is 26.4 Å². The second-order valence-corrected chi connectivity index (χ2v) is 6.86. The van der Waals surface area contributed by atoms with Gasteiger partial charge in [0.2, 0.25) is 0 Å². The molecule has 7 heteroatoms. The van der Waals surface area contributed by atoms with Crippen LogP contribution in [0.5, 0.6) is 11.5 Å². The smallest absolute Gasteiger partial charge is 0.269 e. The first-order valence-corrected chi connectivity index (χ1v) is 8.96. The van der Waals surface area contributed by atoms with Crippen molar-refractivity contribution in [2.75, 3.05) is 27.3 Å². The molecule has 0 radical (unpaired) electrons. The molecule has 7 nitrogen and oxygen atoms in total. The molecule has 0 spiro atoms. The molecule has 0 saturated carbocycles. The summed E-state index contributed by atoms with van der Waals surface area (Å²) in [5.74, 6) is 1.42. The number of rotatable bonds is 6. The summed E-state index contributed by atoms with van der Waals surface area (Å²) in [7, 11) is 3.25. The molecule has 0 saturated heterocycles. The van der Waals surface area contributed by atoms with Crippen LogP contribution in [0, 0.1) is 10.1 Å². The number of benzene rings is 2. The molecule has 2 aromatic carbocycles.